The third-order valence-corrected chi connectivity index (χ3v) is 7.52. The molecular formula is C27H31N5O4. The number of hydrogen-bond acceptors (Lipinski definition) is 5. The smallest absolute Gasteiger partial charge is 0.247 e. The first-order valence-electron chi connectivity index (χ1n) is 12.4. The Bertz CT molecular complexity index is 1280. The molecule has 3 aromatic rings. The van der Waals surface area contributed by atoms with Gasteiger partial charge in [0.15, 0.2) is 0 Å². The molecule has 2 heterocycles. The number of nitrogens with zero attached hydrogens (tertiary/aromatic N) is 2. The summed E-state index contributed by atoms with van der Waals surface area (Å²) in [7, 11) is 1.62. The summed E-state index contributed by atoms with van der Waals surface area (Å²) >= 11 is 0. The maximum absolute atomic E-state index is 14.3. The SMILES string of the molecule is COc1ccc(C2(C(=O)N3C[C@H](NC(C)=O)C[C@@H]3C(=O)Nc3cccc4[nH]ncc34)CCCC2)cc1. The zero-order valence-electron chi connectivity index (χ0n) is 20.5. The van der Waals surface area contributed by atoms with Crippen molar-refractivity contribution in [1.82, 2.24) is 20.4 Å². The Morgan fingerprint density at radius 2 is 1.86 bits per heavy atom. The Morgan fingerprint density at radius 1 is 1.11 bits per heavy atom. The second-order valence-electron chi connectivity index (χ2n) is 9.75. The average molecular weight is 490 g/mol. The van der Waals surface area contributed by atoms with Crippen LogP contribution in [0.4, 0.5) is 5.69 Å². The summed E-state index contributed by atoms with van der Waals surface area (Å²) in [6, 6.07) is 12.2. The number of methoxy groups -OCH3 is 1. The van der Waals surface area contributed by atoms with Crippen LogP contribution >= 0.6 is 0 Å². The van der Waals surface area contributed by atoms with Gasteiger partial charge in [-0.2, -0.15) is 5.10 Å². The van der Waals surface area contributed by atoms with E-state index in [9.17, 15) is 14.4 Å². The van der Waals surface area contributed by atoms with Gasteiger partial charge in [0.05, 0.1) is 29.9 Å². The number of rotatable bonds is 6. The molecule has 1 saturated carbocycles. The molecule has 1 saturated heterocycles. The first-order valence-corrected chi connectivity index (χ1v) is 12.4. The molecule has 0 unspecified atom stereocenters. The van der Waals surface area contributed by atoms with Gasteiger partial charge in [-0.05, 0) is 49.1 Å². The molecule has 36 heavy (non-hydrogen) atoms. The van der Waals surface area contributed by atoms with E-state index in [1.807, 2.05) is 42.5 Å². The summed E-state index contributed by atoms with van der Waals surface area (Å²) in [6.07, 6.45) is 5.36. The number of aromatic amines is 1. The lowest BCUT2D eigenvalue weighted by molar-refractivity contribution is -0.141. The molecule has 2 aliphatic rings. The number of carbonyl (C=O) groups excluding carboxylic acids is 3. The lowest BCUT2D eigenvalue weighted by atomic mass is 9.77. The average Bonchev–Trinajstić information content (AvgIpc) is 3.63. The van der Waals surface area contributed by atoms with Gasteiger partial charge in [0.2, 0.25) is 17.7 Å². The van der Waals surface area contributed by atoms with E-state index in [-0.39, 0.29) is 23.8 Å². The predicted molar refractivity (Wildman–Crippen MR) is 136 cm³/mol. The molecule has 0 spiro atoms. The van der Waals surface area contributed by atoms with Crippen LogP contribution in [0.25, 0.3) is 10.9 Å². The third-order valence-electron chi connectivity index (χ3n) is 7.52. The van der Waals surface area contributed by atoms with Crippen LogP contribution in [0.3, 0.4) is 0 Å². The number of amides is 3. The Balaban J connectivity index is 1.46. The summed E-state index contributed by atoms with van der Waals surface area (Å²) in [4.78, 5) is 41.4. The van der Waals surface area contributed by atoms with E-state index in [2.05, 4.69) is 20.8 Å². The summed E-state index contributed by atoms with van der Waals surface area (Å²) in [6.45, 7) is 1.75. The highest BCUT2D eigenvalue weighted by molar-refractivity contribution is 6.04. The van der Waals surface area contributed by atoms with Crippen LogP contribution in [0.15, 0.2) is 48.7 Å². The van der Waals surface area contributed by atoms with Crippen LogP contribution in [-0.4, -0.2) is 58.6 Å². The van der Waals surface area contributed by atoms with E-state index in [0.29, 0.717) is 18.7 Å². The molecule has 0 radical (unpaired) electrons. The van der Waals surface area contributed by atoms with Crippen LogP contribution in [0.2, 0.25) is 0 Å². The molecule has 3 N–H and O–H groups in total. The number of fused-ring (bicyclic) bond motifs is 1. The molecular weight excluding hydrogens is 458 g/mol. The fourth-order valence-corrected chi connectivity index (χ4v) is 5.78. The van der Waals surface area contributed by atoms with Gasteiger partial charge in [-0.25, -0.2) is 0 Å². The molecule has 1 aliphatic heterocycles. The number of ether oxygens (including phenoxy) is 1. The highest BCUT2D eigenvalue weighted by Gasteiger charge is 2.50. The zero-order chi connectivity index (χ0) is 25.3. The second-order valence-corrected chi connectivity index (χ2v) is 9.75. The van der Waals surface area contributed by atoms with E-state index >= 15 is 0 Å². The molecule has 2 fully saturated rings. The van der Waals surface area contributed by atoms with Gasteiger partial charge in [0.1, 0.15) is 11.8 Å². The fraction of sp³-hybridized carbons (Fsp3) is 0.407. The molecule has 5 rings (SSSR count). The number of anilines is 1. The topological polar surface area (TPSA) is 116 Å². The number of hydrogen-bond donors (Lipinski definition) is 3. The van der Waals surface area contributed by atoms with Crippen molar-refractivity contribution in [2.75, 3.05) is 19.0 Å². The minimum Gasteiger partial charge on any atom is -0.497 e. The first-order chi connectivity index (χ1) is 17.4. The molecule has 2 aromatic carbocycles. The molecule has 9 heteroatoms. The Hall–Kier alpha value is -3.88. The van der Waals surface area contributed by atoms with E-state index in [1.54, 1.807) is 18.2 Å². The number of carbonyl (C=O) groups is 3. The van der Waals surface area contributed by atoms with Crippen LogP contribution in [0.1, 0.15) is 44.6 Å². The van der Waals surface area contributed by atoms with Crippen molar-refractivity contribution in [3.63, 3.8) is 0 Å². The molecule has 3 amide bonds. The van der Waals surface area contributed by atoms with Gasteiger partial charge in [0.25, 0.3) is 0 Å². The van der Waals surface area contributed by atoms with Gasteiger partial charge in [-0.3, -0.25) is 19.5 Å². The van der Waals surface area contributed by atoms with E-state index in [0.717, 1.165) is 47.9 Å². The highest BCUT2D eigenvalue weighted by atomic mass is 16.5. The van der Waals surface area contributed by atoms with Crippen molar-refractivity contribution in [1.29, 1.82) is 0 Å². The quantitative estimate of drug-likeness (QED) is 0.492. The Labute approximate surface area is 209 Å². The monoisotopic (exact) mass is 489 g/mol. The summed E-state index contributed by atoms with van der Waals surface area (Å²) in [5.41, 5.74) is 1.69. The van der Waals surface area contributed by atoms with Crippen LogP contribution < -0.4 is 15.4 Å². The van der Waals surface area contributed by atoms with Gasteiger partial charge >= 0.3 is 0 Å². The highest BCUT2D eigenvalue weighted by Crippen LogP contribution is 2.44. The maximum Gasteiger partial charge on any atom is 0.247 e. The second kappa shape index (κ2) is 9.64. The van der Waals surface area contributed by atoms with Crippen molar-refractivity contribution in [3.05, 3.63) is 54.2 Å². The maximum atomic E-state index is 14.3. The van der Waals surface area contributed by atoms with Crippen LogP contribution in [0.5, 0.6) is 5.75 Å². The number of benzene rings is 2. The van der Waals surface area contributed by atoms with Crippen LogP contribution in [-0.2, 0) is 19.8 Å². The summed E-state index contributed by atoms with van der Waals surface area (Å²) < 4.78 is 5.31. The van der Waals surface area contributed by atoms with Gasteiger partial charge in [-0.1, -0.05) is 31.0 Å². The Kier molecular flexibility index (Phi) is 6.38. The zero-order valence-corrected chi connectivity index (χ0v) is 20.5. The molecule has 188 valence electrons. The standard InChI is InChI=1S/C27H31N5O4/c1-17(33)29-19-14-24(25(34)30-22-6-5-7-23-21(22)15-28-31-23)32(16-19)26(35)27(12-3-4-13-27)18-8-10-20(36-2)11-9-18/h5-11,15,19,24H,3-4,12-14,16H2,1-2H3,(H,28,31)(H,29,33)(H,30,34)/t19-,24-/m1/s1. The molecule has 1 aliphatic carbocycles. The number of likely N-dealkylation sites (tertiary alicyclic amines) is 1. The fourth-order valence-electron chi connectivity index (χ4n) is 5.78. The number of nitrogens with one attached hydrogen (secondary N) is 3. The van der Waals surface area contributed by atoms with Crippen LogP contribution in [0, 0.1) is 0 Å². The normalized spacial score (nSPS) is 20.9. The van der Waals surface area contributed by atoms with E-state index < -0.39 is 11.5 Å². The van der Waals surface area contributed by atoms with E-state index in [1.165, 1.54) is 6.92 Å². The minimum absolute atomic E-state index is 0.0558. The molecule has 1 aromatic heterocycles. The third kappa shape index (κ3) is 4.29. The van der Waals surface area contributed by atoms with Gasteiger partial charge in [0, 0.05) is 24.9 Å². The molecule has 0 bridgehead atoms. The van der Waals surface area contributed by atoms with Gasteiger partial charge in [-0.15, -0.1) is 0 Å². The lowest BCUT2D eigenvalue weighted by Gasteiger charge is -2.35. The van der Waals surface area contributed by atoms with Gasteiger partial charge < -0.3 is 20.3 Å². The molecule has 9 nitrogen and oxygen atoms in total. The summed E-state index contributed by atoms with van der Waals surface area (Å²) in [5.74, 6) is 0.228. The molecule has 2 atom stereocenters. The largest absolute Gasteiger partial charge is 0.497 e. The summed E-state index contributed by atoms with van der Waals surface area (Å²) in [5, 5.41) is 13.7. The Morgan fingerprint density at radius 3 is 2.56 bits per heavy atom. The lowest BCUT2D eigenvalue weighted by Crippen LogP contribution is -2.51. The first kappa shape index (κ1) is 23.8. The minimum atomic E-state index is -0.702. The van der Waals surface area contributed by atoms with Crippen molar-refractivity contribution >= 4 is 34.3 Å². The predicted octanol–water partition coefficient (Wildman–Crippen LogP) is 3.13. The number of H-pyrrole nitrogens is 1. The van der Waals surface area contributed by atoms with Crippen molar-refractivity contribution in [2.45, 2.75) is 56.5 Å². The number of aromatic nitrogens is 2. The van der Waals surface area contributed by atoms with Crippen molar-refractivity contribution < 1.29 is 19.1 Å². The van der Waals surface area contributed by atoms with Crippen molar-refractivity contribution in [2.24, 2.45) is 0 Å². The van der Waals surface area contributed by atoms with Crippen molar-refractivity contribution in [3.8, 4) is 5.75 Å². The van der Waals surface area contributed by atoms with E-state index in [4.69, 9.17) is 4.74 Å².